The fraction of sp³-hybridized carbons (Fsp3) is 0.500. The smallest absolute Gasteiger partial charge is 0.354 e. The van der Waals surface area contributed by atoms with E-state index in [1.807, 2.05) is 30.3 Å². The highest BCUT2D eigenvalue weighted by molar-refractivity contribution is 6.40. The molecule has 6 heteroatoms. The van der Waals surface area contributed by atoms with Crippen LogP contribution in [0.5, 0.6) is 0 Å². The minimum atomic E-state index is -0.685. The Morgan fingerprint density at radius 3 is 2.35 bits per heavy atom. The summed E-state index contributed by atoms with van der Waals surface area (Å²) in [5, 5.41) is 3.84. The molecule has 0 aliphatic carbocycles. The standard InChI is InChI=1S/C20H28N2O4/c1-5-26-19(25)16(14-17(23)20(2,3)4)21-22-18(24)13-9-12-15-10-7-6-8-11-15/h6-8,10-11H,5,9,12-14H2,1-4H3,(H,22,24)/b21-16+. The van der Waals surface area contributed by atoms with Crippen molar-refractivity contribution in [2.45, 2.75) is 53.4 Å². The summed E-state index contributed by atoms with van der Waals surface area (Å²) in [4.78, 5) is 36.1. The second-order valence-electron chi connectivity index (χ2n) is 7.00. The molecule has 142 valence electrons. The van der Waals surface area contributed by atoms with Crippen LogP contribution in [-0.2, 0) is 25.5 Å². The van der Waals surface area contributed by atoms with Crippen molar-refractivity contribution in [2.75, 3.05) is 6.61 Å². The van der Waals surface area contributed by atoms with E-state index in [2.05, 4.69) is 10.5 Å². The molecule has 0 aromatic heterocycles. The average Bonchev–Trinajstić information content (AvgIpc) is 2.58. The first-order chi connectivity index (χ1) is 12.2. The SMILES string of the molecule is CCOC(=O)/C(CC(=O)C(C)(C)C)=N/NC(=O)CCCc1ccccc1. The maximum Gasteiger partial charge on any atom is 0.354 e. The molecule has 0 radical (unpaired) electrons. The van der Waals surface area contributed by atoms with E-state index < -0.39 is 11.4 Å². The summed E-state index contributed by atoms with van der Waals surface area (Å²) < 4.78 is 4.92. The molecule has 6 nitrogen and oxygen atoms in total. The van der Waals surface area contributed by atoms with Crippen LogP contribution in [-0.4, -0.2) is 30.0 Å². The van der Waals surface area contributed by atoms with Gasteiger partial charge < -0.3 is 4.74 Å². The Labute approximate surface area is 155 Å². The molecule has 0 saturated heterocycles. The molecular weight excluding hydrogens is 332 g/mol. The number of amides is 1. The number of benzene rings is 1. The number of Topliss-reactive ketones (excluding diaryl/α,β-unsaturated/α-hetero) is 1. The minimum Gasteiger partial charge on any atom is -0.461 e. The van der Waals surface area contributed by atoms with E-state index in [1.165, 1.54) is 0 Å². The van der Waals surface area contributed by atoms with E-state index >= 15 is 0 Å². The number of hydrazone groups is 1. The van der Waals surface area contributed by atoms with E-state index in [4.69, 9.17) is 4.74 Å². The Morgan fingerprint density at radius 2 is 1.77 bits per heavy atom. The lowest BCUT2D eigenvalue weighted by molar-refractivity contribution is -0.136. The van der Waals surface area contributed by atoms with Crippen molar-refractivity contribution in [3.63, 3.8) is 0 Å². The number of esters is 1. The Hall–Kier alpha value is -2.50. The van der Waals surface area contributed by atoms with E-state index in [9.17, 15) is 14.4 Å². The number of nitrogens with one attached hydrogen (secondary N) is 1. The molecule has 1 N–H and O–H groups in total. The molecule has 26 heavy (non-hydrogen) atoms. The van der Waals surface area contributed by atoms with Crippen LogP contribution in [0.15, 0.2) is 35.4 Å². The number of ether oxygens (including phenoxy) is 1. The number of aryl methyl sites for hydroxylation is 1. The number of carbonyl (C=O) groups excluding carboxylic acids is 3. The van der Waals surface area contributed by atoms with E-state index in [1.54, 1.807) is 27.7 Å². The van der Waals surface area contributed by atoms with E-state index in [0.29, 0.717) is 6.42 Å². The third-order valence-electron chi connectivity index (χ3n) is 3.70. The number of rotatable bonds is 9. The highest BCUT2D eigenvalue weighted by atomic mass is 16.5. The number of hydrogen-bond donors (Lipinski definition) is 1. The number of nitrogens with zero attached hydrogens (tertiary/aromatic N) is 1. The van der Waals surface area contributed by atoms with Gasteiger partial charge in [0.05, 0.1) is 13.0 Å². The lowest BCUT2D eigenvalue weighted by Crippen LogP contribution is -2.30. The second kappa shape index (κ2) is 10.5. The Kier molecular flexibility index (Phi) is 8.68. The van der Waals surface area contributed by atoms with Gasteiger partial charge in [-0.1, -0.05) is 51.1 Å². The topological polar surface area (TPSA) is 84.8 Å². The van der Waals surface area contributed by atoms with Gasteiger partial charge in [-0.05, 0) is 25.3 Å². The third-order valence-corrected chi connectivity index (χ3v) is 3.70. The molecule has 0 spiro atoms. The van der Waals surface area contributed by atoms with Gasteiger partial charge in [-0.15, -0.1) is 0 Å². The van der Waals surface area contributed by atoms with Crippen molar-refractivity contribution >= 4 is 23.4 Å². The molecule has 1 aromatic rings. The predicted octanol–water partition coefficient (Wildman–Crippen LogP) is 3.05. The van der Waals surface area contributed by atoms with Crippen molar-refractivity contribution in [2.24, 2.45) is 10.5 Å². The summed E-state index contributed by atoms with van der Waals surface area (Å²) in [5.74, 6) is -1.14. The third kappa shape index (κ3) is 8.05. The van der Waals surface area contributed by atoms with Gasteiger partial charge >= 0.3 is 5.97 Å². The number of carbonyl (C=O) groups is 3. The summed E-state index contributed by atoms with van der Waals surface area (Å²) >= 11 is 0. The van der Waals surface area contributed by atoms with Gasteiger partial charge in [0, 0.05) is 11.8 Å². The largest absolute Gasteiger partial charge is 0.461 e. The van der Waals surface area contributed by atoms with Crippen LogP contribution in [0.1, 0.15) is 52.5 Å². The van der Waals surface area contributed by atoms with Crippen molar-refractivity contribution < 1.29 is 19.1 Å². The lowest BCUT2D eigenvalue weighted by Gasteiger charge is -2.16. The van der Waals surface area contributed by atoms with Crippen molar-refractivity contribution in [3.05, 3.63) is 35.9 Å². The second-order valence-corrected chi connectivity index (χ2v) is 7.00. The first-order valence-electron chi connectivity index (χ1n) is 8.83. The Morgan fingerprint density at radius 1 is 1.12 bits per heavy atom. The molecular formula is C20H28N2O4. The van der Waals surface area contributed by atoms with Crippen LogP contribution >= 0.6 is 0 Å². The number of hydrogen-bond acceptors (Lipinski definition) is 5. The zero-order valence-electron chi connectivity index (χ0n) is 16.0. The minimum absolute atomic E-state index is 0.0804. The number of ketones is 1. The molecule has 0 heterocycles. The predicted molar refractivity (Wildman–Crippen MR) is 101 cm³/mol. The molecule has 0 unspecified atom stereocenters. The fourth-order valence-corrected chi connectivity index (χ4v) is 2.07. The van der Waals surface area contributed by atoms with E-state index in [0.717, 1.165) is 12.0 Å². The maximum atomic E-state index is 12.2. The summed E-state index contributed by atoms with van der Waals surface area (Å²) in [6, 6.07) is 9.87. The van der Waals surface area contributed by atoms with Crippen LogP contribution in [0.2, 0.25) is 0 Å². The quantitative estimate of drug-likeness (QED) is 0.417. The summed E-state index contributed by atoms with van der Waals surface area (Å²) in [5.41, 5.74) is 2.84. The zero-order chi connectivity index (χ0) is 19.6. The molecule has 1 amide bonds. The van der Waals surface area contributed by atoms with Gasteiger partial charge in [0.2, 0.25) is 5.91 Å². The maximum absolute atomic E-state index is 12.2. The molecule has 0 aliphatic heterocycles. The first-order valence-corrected chi connectivity index (χ1v) is 8.83. The van der Waals surface area contributed by atoms with Gasteiger partial charge in [-0.3, -0.25) is 9.59 Å². The van der Waals surface area contributed by atoms with Gasteiger partial charge in [0.25, 0.3) is 0 Å². The van der Waals surface area contributed by atoms with Crippen LogP contribution in [0.4, 0.5) is 0 Å². The van der Waals surface area contributed by atoms with Crippen LogP contribution in [0, 0.1) is 5.41 Å². The monoisotopic (exact) mass is 360 g/mol. The molecule has 1 rings (SSSR count). The average molecular weight is 360 g/mol. The van der Waals surface area contributed by atoms with Crippen molar-refractivity contribution in [1.29, 1.82) is 0 Å². The lowest BCUT2D eigenvalue weighted by atomic mass is 9.88. The Balaban J connectivity index is 2.59. The summed E-state index contributed by atoms with van der Waals surface area (Å²) in [7, 11) is 0. The summed E-state index contributed by atoms with van der Waals surface area (Å²) in [6.07, 6.45) is 1.56. The van der Waals surface area contributed by atoms with Crippen molar-refractivity contribution in [1.82, 2.24) is 5.43 Å². The molecule has 1 aromatic carbocycles. The van der Waals surface area contributed by atoms with Crippen LogP contribution in [0.25, 0.3) is 0 Å². The van der Waals surface area contributed by atoms with Crippen LogP contribution in [0.3, 0.4) is 0 Å². The highest BCUT2D eigenvalue weighted by Crippen LogP contribution is 2.17. The summed E-state index contributed by atoms with van der Waals surface area (Å²) in [6.45, 7) is 7.14. The molecule has 0 saturated carbocycles. The highest BCUT2D eigenvalue weighted by Gasteiger charge is 2.26. The molecule has 0 fully saturated rings. The first kappa shape index (κ1) is 21.5. The van der Waals surface area contributed by atoms with Crippen molar-refractivity contribution in [3.8, 4) is 0 Å². The Bertz CT molecular complexity index is 646. The van der Waals surface area contributed by atoms with E-state index in [-0.39, 0.29) is 36.9 Å². The van der Waals surface area contributed by atoms with Gasteiger partial charge in [0.1, 0.15) is 5.78 Å². The zero-order valence-corrected chi connectivity index (χ0v) is 16.0. The van der Waals surface area contributed by atoms with Gasteiger partial charge in [-0.25, -0.2) is 10.2 Å². The normalized spacial score (nSPS) is 11.8. The van der Waals surface area contributed by atoms with Gasteiger partial charge in [-0.2, -0.15) is 5.10 Å². The molecule has 0 aliphatic rings. The molecule has 0 bridgehead atoms. The van der Waals surface area contributed by atoms with Crippen LogP contribution < -0.4 is 5.43 Å². The molecule has 0 atom stereocenters. The van der Waals surface area contributed by atoms with Gasteiger partial charge in [0.15, 0.2) is 5.71 Å². The fourth-order valence-electron chi connectivity index (χ4n) is 2.07.